The summed E-state index contributed by atoms with van der Waals surface area (Å²) < 4.78 is 19.0. The number of nitrogen functional groups attached to an aromatic ring is 1. The summed E-state index contributed by atoms with van der Waals surface area (Å²) in [5.41, 5.74) is 6.87. The van der Waals surface area contributed by atoms with Crippen molar-refractivity contribution in [1.29, 1.82) is 0 Å². The molecule has 4 nitrogen and oxygen atoms in total. The molecule has 0 amide bonds. The van der Waals surface area contributed by atoms with Crippen LogP contribution in [0.15, 0.2) is 12.1 Å². The summed E-state index contributed by atoms with van der Waals surface area (Å²) in [4.78, 5) is 1.91. The van der Waals surface area contributed by atoms with Gasteiger partial charge in [-0.1, -0.05) is 11.6 Å². The average molecular weight is 275 g/mol. The van der Waals surface area contributed by atoms with Gasteiger partial charge in [0.2, 0.25) is 0 Å². The number of rotatable bonds is 2. The number of anilines is 2. The van der Waals surface area contributed by atoms with E-state index in [1.807, 2.05) is 11.8 Å². The third kappa shape index (κ3) is 2.68. The van der Waals surface area contributed by atoms with Gasteiger partial charge in [0.05, 0.1) is 35.2 Å². The van der Waals surface area contributed by atoms with E-state index >= 15 is 0 Å². The Morgan fingerprint density at radius 3 is 2.94 bits per heavy atom. The van der Waals surface area contributed by atoms with Gasteiger partial charge in [0.1, 0.15) is 5.82 Å². The topological polar surface area (TPSA) is 58.7 Å². The van der Waals surface area contributed by atoms with Crippen molar-refractivity contribution in [3.05, 3.63) is 23.0 Å². The van der Waals surface area contributed by atoms with Crippen molar-refractivity contribution in [3.63, 3.8) is 0 Å². The van der Waals surface area contributed by atoms with Crippen LogP contribution in [0.5, 0.6) is 0 Å². The summed E-state index contributed by atoms with van der Waals surface area (Å²) in [5.74, 6) is -0.499. The van der Waals surface area contributed by atoms with Gasteiger partial charge in [0.25, 0.3) is 0 Å². The quantitative estimate of drug-likeness (QED) is 0.805. The molecule has 100 valence electrons. The molecule has 0 aromatic heterocycles. The highest BCUT2D eigenvalue weighted by Gasteiger charge is 2.26. The fraction of sp³-hybridized carbons (Fsp3) is 0.500. The Balaban J connectivity index is 2.27. The molecule has 0 saturated carbocycles. The molecular weight excluding hydrogens is 259 g/mol. The first kappa shape index (κ1) is 13.4. The minimum Gasteiger partial charge on any atom is -0.397 e. The first-order valence-corrected chi connectivity index (χ1v) is 6.15. The lowest BCUT2D eigenvalue weighted by Gasteiger charge is -2.38. The molecule has 0 radical (unpaired) electrons. The maximum absolute atomic E-state index is 13.5. The maximum Gasteiger partial charge on any atom is 0.144 e. The number of benzene rings is 1. The van der Waals surface area contributed by atoms with Crippen LogP contribution in [0.25, 0.3) is 0 Å². The zero-order valence-electron chi connectivity index (χ0n) is 10.1. The molecule has 1 aromatic rings. The van der Waals surface area contributed by atoms with Crippen molar-refractivity contribution in [2.24, 2.45) is 0 Å². The Hall–Kier alpha value is -1.04. The van der Waals surface area contributed by atoms with Crippen molar-refractivity contribution < 1.29 is 14.2 Å². The number of aliphatic hydroxyl groups is 1. The second-order valence-corrected chi connectivity index (χ2v) is 4.89. The monoisotopic (exact) mass is 274 g/mol. The van der Waals surface area contributed by atoms with Crippen LogP contribution in [-0.2, 0) is 4.74 Å². The summed E-state index contributed by atoms with van der Waals surface area (Å²) in [5, 5.41) is 9.17. The average Bonchev–Trinajstić information content (AvgIpc) is 2.33. The van der Waals surface area contributed by atoms with Gasteiger partial charge in [0.15, 0.2) is 0 Å². The van der Waals surface area contributed by atoms with Crippen LogP contribution in [0.1, 0.15) is 6.92 Å². The van der Waals surface area contributed by atoms with Crippen molar-refractivity contribution >= 4 is 23.0 Å². The Bertz CT molecular complexity index is 444. The van der Waals surface area contributed by atoms with Gasteiger partial charge in [-0.3, -0.25) is 0 Å². The van der Waals surface area contributed by atoms with Crippen LogP contribution in [0.4, 0.5) is 15.8 Å². The highest BCUT2D eigenvalue weighted by Crippen LogP contribution is 2.31. The van der Waals surface area contributed by atoms with E-state index in [0.29, 0.717) is 24.5 Å². The Labute approximate surface area is 110 Å². The molecule has 3 N–H and O–H groups in total. The number of aliphatic hydroxyl groups excluding tert-OH is 1. The fourth-order valence-corrected chi connectivity index (χ4v) is 2.34. The lowest BCUT2D eigenvalue weighted by molar-refractivity contribution is -0.0420. The third-order valence-corrected chi connectivity index (χ3v) is 3.23. The summed E-state index contributed by atoms with van der Waals surface area (Å²) in [6, 6.07) is 2.73. The van der Waals surface area contributed by atoms with Crippen LogP contribution in [-0.4, -0.2) is 37.0 Å². The number of morpholine rings is 1. The van der Waals surface area contributed by atoms with E-state index in [-0.39, 0.29) is 23.8 Å². The standard InChI is InChI=1S/C12H16ClFN2O2/c1-7-4-16(5-8(6-17)18-7)12-3-10(14)9(13)2-11(12)15/h2-3,7-8,17H,4-6,15H2,1H3. The van der Waals surface area contributed by atoms with Crippen molar-refractivity contribution in [2.45, 2.75) is 19.1 Å². The van der Waals surface area contributed by atoms with E-state index < -0.39 is 5.82 Å². The molecule has 0 aliphatic carbocycles. The number of hydrogen-bond acceptors (Lipinski definition) is 4. The minimum atomic E-state index is -0.499. The molecule has 0 spiro atoms. The van der Waals surface area contributed by atoms with Crippen molar-refractivity contribution in [3.8, 4) is 0 Å². The molecule has 2 atom stereocenters. The lowest BCUT2D eigenvalue weighted by Crippen LogP contribution is -2.48. The largest absolute Gasteiger partial charge is 0.397 e. The Kier molecular flexibility index (Phi) is 3.94. The second-order valence-electron chi connectivity index (χ2n) is 4.48. The van der Waals surface area contributed by atoms with Gasteiger partial charge in [-0.2, -0.15) is 0 Å². The van der Waals surface area contributed by atoms with E-state index in [0.717, 1.165) is 0 Å². The normalized spacial score (nSPS) is 24.3. The van der Waals surface area contributed by atoms with E-state index in [1.165, 1.54) is 12.1 Å². The van der Waals surface area contributed by atoms with Crippen molar-refractivity contribution in [2.75, 3.05) is 30.3 Å². The molecule has 1 aromatic carbocycles. The van der Waals surface area contributed by atoms with E-state index in [9.17, 15) is 4.39 Å². The fourth-order valence-electron chi connectivity index (χ4n) is 2.17. The van der Waals surface area contributed by atoms with Crippen LogP contribution >= 0.6 is 11.6 Å². The van der Waals surface area contributed by atoms with Gasteiger partial charge >= 0.3 is 0 Å². The molecule has 2 rings (SSSR count). The zero-order valence-corrected chi connectivity index (χ0v) is 10.8. The minimum absolute atomic E-state index is 0.0104. The first-order valence-electron chi connectivity index (χ1n) is 5.77. The van der Waals surface area contributed by atoms with Gasteiger partial charge in [-0.15, -0.1) is 0 Å². The summed E-state index contributed by atoms with van der Waals surface area (Å²) in [6.07, 6.45) is -0.332. The molecule has 1 heterocycles. The molecule has 1 aliphatic rings. The molecule has 6 heteroatoms. The lowest BCUT2D eigenvalue weighted by atomic mass is 10.1. The molecule has 1 saturated heterocycles. The van der Waals surface area contributed by atoms with Crippen LogP contribution in [0, 0.1) is 5.82 Å². The van der Waals surface area contributed by atoms with Crippen LogP contribution < -0.4 is 10.6 Å². The van der Waals surface area contributed by atoms with Gasteiger partial charge < -0.3 is 20.5 Å². The highest BCUT2D eigenvalue weighted by molar-refractivity contribution is 6.31. The number of hydrogen-bond donors (Lipinski definition) is 2. The van der Waals surface area contributed by atoms with Gasteiger partial charge in [0, 0.05) is 19.2 Å². The van der Waals surface area contributed by atoms with Gasteiger partial charge in [-0.25, -0.2) is 4.39 Å². The third-order valence-electron chi connectivity index (χ3n) is 2.94. The predicted octanol–water partition coefficient (Wildman–Crippen LogP) is 1.65. The highest BCUT2D eigenvalue weighted by atomic mass is 35.5. The zero-order chi connectivity index (χ0) is 13.3. The van der Waals surface area contributed by atoms with Gasteiger partial charge in [-0.05, 0) is 13.0 Å². The van der Waals surface area contributed by atoms with Crippen LogP contribution in [0.2, 0.25) is 5.02 Å². The molecule has 0 bridgehead atoms. The maximum atomic E-state index is 13.5. The number of halogens is 2. The Morgan fingerprint density at radius 1 is 1.56 bits per heavy atom. The summed E-state index contributed by atoms with van der Waals surface area (Å²) >= 11 is 5.67. The molecule has 18 heavy (non-hydrogen) atoms. The van der Waals surface area contributed by atoms with Crippen molar-refractivity contribution in [1.82, 2.24) is 0 Å². The first-order chi connectivity index (χ1) is 8.51. The predicted molar refractivity (Wildman–Crippen MR) is 69.5 cm³/mol. The van der Waals surface area contributed by atoms with E-state index in [4.69, 9.17) is 27.2 Å². The second kappa shape index (κ2) is 5.30. The molecule has 2 unspecified atom stereocenters. The summed E-state index contributed by atoms with van der Waals surface area (Å²) in [7, 11) is 0. The summed E-state index contributed by atoms with van der Waals surface area (Å²) in [6.45, 7) is 2.90. The van der Waals surface area contributed by atoms with E-state index in [2.05, 4.69) is 0 Å². The number of nitrogens with zero attached hydrogens (tertiary/aromatic N) is 1. The number of ether oxygens (including phenoxy) is 1. The Morgan fingerprint density at radius 2 is 2.28 bits per heavy atom. The van der Waals surface area contributed by atoms with E-state index in [1.54, 1.807) is 0 Å². The molecule has 1 aliphatic heterocycles. The smallest absolute Gasteiger partial charge is 0.144 e. The van der Waals surface area contributed by atoms with Crippen LogP contribution in [0.3, 0.4) is 0 Å². The number of nitrogens with two attached hydrogens (primary N) is 1. The molecule has 1 fully saturated rings. The molecular formula is C12H16ClFN2O2. The SMILES string of the molecule is CC1CN(c2cc(F)c(Cl)cc2N)CC(CO)O1.